The van der Waals surface area contributed by atoms with Crippen molar-refractivity contribution in [3.05, 3.63) is 87.7 Å². The summed E-state index contributed by atoms with van der Waals surface area (Å²) < 4.78 is 4.22. The second-order valence-corrected chi connectivity index (χ2v) is 8.02. The Kier molecular flexibility index (Phi) is 6.42. The van der Waals surface area contributed by atoms with E-state index in [1.54, 1.807) is 18.3 Å². The molecule has 7 nitrogen and oxygen atoms in total. The van der Waals surface area contributed by atoms with Crippen LogP contribution in [0.15, 0.2) is 71.7 Å². The number of carboxylic acids is 1. The molecular formula is C24H22N4O3S. The van der Waals surface area contributed by atoms with E-state index < -0.39 is 5.97 Å². The Balaban J connectivity index is 1.62. The molecule has 8 heteroatoms. The van der Waals surface area contributed by atoms with Crippen molar-refractivity contribution in [1.82, 2.24) is 14.3 Å². The Morgan fingerprint density at radius 1 is 1.06 bits per heavy atom. The van der Waals surface area contributed by atoms with Crippen LogP contribution in [0.25, 0.3) is 22.5 Å². The Morgan fingerprint density at radius 3 is 2.47 bits per heavy atom. The molecule has 2 aromatic carbocycles. The van der Waals surface area contributed by atoms with Gasteiger partial charge in [-0.2, -0.15) is 4.37 Å². The number of hydrogen-bond donors (Lipinski definition) is 2. The number of nitrogens with zero attached hydrogens (tertiary/aromatic N) is 3. The number of benzene rings is 2. The molecule has 0 saturated heterocycles. The lowest BCUT2D eigenvalue weighted by molar-refractivity contribution is 0.0697. The van der Waals surface area contributed by atoms with Crippen LogP contribution in [-0.4, -0.2) is 32.0 Å². The highest BCUT2D eigenvalue weighted by Gasteiger charge is 2.17. The van der Waals surface area contributed by atoms with E-state index in [9.17, 15) is 14.7 Å². The minimum absolute atomic E-state index is 0.184. The topological polar surface area (TPSA) is 99.2 Å². The predicted octanol–water partition coefficient (Wildman–Crippen LogP) is 4.68. The molecule has 0 aliphatic carbocycles. The third-order valence-corrected chi connectivity index (χ3v) is 5.61. The van der Waals surface area contributed by atoms with Crippen LogP contribution in [-0.2, 0) is 6.54 Å². The monoisotopic (exact) mass is 446 g/mol. The van der Waals surface area contributed by atoms with Crippen LogP contribution in [0.5, 0.6) is 0 Å². The first-order valence-corrected chi connectivity index (χ1v) is 11.0. The number of pyridine rings is 1. The number of carboxylic acid groups (broad SMARTS) is 1. The molecule has 0 aliphatic heterocycles. The van der Waals surface area contributed by atoms with E-state index in [2.05, 4.69) is 21.3 Å². The summed E-state index contributed by atoms with van der Waals surface area (Å²) in [5.41, 5.74) is 4.09. The van der Waals surface area contributed by atoms with Crippen LogP contribution >= 0.6 is 11.5 Å². The van der Waals surface area contributed by atoms with Crippen LogP contribution in [0.4, 0.5) is 5.82 Å². The van der Waals surface area contributed by atoms with E-state index in [1.807, 2.05) is 53.4 Å². The van der Waals surface area contributed by atoms with Crippen LogP contribution in [0.2, 0.25) is 0 Å². The number of H-pyrrole nitrogens is 1. The molecule has 0 radical (unpaired) electrons. The number of aromatic carboxylic acids is 1. The van der Waals surface area contributed by atoms with Crippen LogP contribution < -0.4 is 9.77 Å². The number of rotatable bonds is 8. The van der Waals surface area contributed by atoms with Gasteiger partial charge >= 0.3 is 10.8 Å². The summed E-state index contributed by atoms with van der Waals surface area (Å²) in [6.07, 6.45) is 2.49. The molecule has 4 aromatic rings. The van der Waals surface area contributed by atoms with Gasteiger partial charge in [0.2, 0.25) is 0 Å². The first kappa shape index (κ1) is 21.5. The highest BCUT2D eigenvalue weighted by Crippen LogP contribution is 2.30. The first-order chi connectivity index (χ1) is 15.6. The molecule has 0 fully saturated rings. The van der Waals surface area contributed by atoms with Gasteiger partial charge in [-0.3, -0.25) is 9.78 Å². The molecule has 0 atom stereocenters. The Morgan fingerprint density at radius 2 is 1.81 bits per heavy atom. The van der Waals surface area contributed by atoms with Crippen molar-refractivity contribution in [1.29, 1.82) is 0 Å². The molecule has 162 valence electrons. The second-order valence-electron chi connectivity index (χ2n) is 7.29. The van der Waals surface area contributed by atoms with Gasteiger partial charge in [0.1, 0.15) is 11.4 Å². The lowest BCUT2D eigenvalue weighted by atomic mass is 9.98. The maximum atomic E-state index is 11.6. The third kappa shape index (κ3) is 4.60. The number of nitrogens with one attached hydrogen (secondary N) is 1. The molecule has 32 heavy (non-hydrogen) atoms. The van der Waals surface area contributed by atoms with Crippen molar-refractivity contribution in [3.8, 4) is 22.5 Å². The van der Waals surface area contributed by atoms with Gasteiger partial charge in [-0.15, -0.1) is 0 Å². The zero-order valence-corrected chi connectivity index (χ0v) is 18.3. The maximum Gasteiger partial charge on any atom is 0.339 e. The number of anilines is 1. The van der Waals surface area contributed by atoms with E-state index in [4.69, 9.17) is 0 Å². The van der Waals surface area contributed by atoms with Crippen molar-refractivity contribution < 1.29 is 9.90 Å². The van der Waals surface area contributed by atoms with E-state index in [1.165, 1.54) is 0 Å². The Hall–Kier alpha value is -3.78. The fourth-order valence-electron chi connectivity index (χ4n) is 3.64. The number of aromatic nitrogens is 3. The molecule has 0 bridgehead atoms. The molecule has 0 unspecified atom stereocenters. The molecule has 2 heterocycles. The number of carbonyl (C=O) groups is 1. The van der Waals surface area contributed by atoms with Gasteiger partial charge < -0.3 is 10.0 Å². The lowest BCUT2D eigenvalue weighted by Gasteiger charge is -2.24. The van der Waals surface area contributed by atoms with Crippen molar-refractivity contribution in [2.45, 2.75) is 19.9 Å². The maximum absolute atomic E-state index is 11.6. The molecule has 2 N–H and O–H groups in total. The summed E-state index contributed by atoms with van der Waals surface area (Å²) in [4.78, 5) is 32.1. The standard InChI is InChI=1S/C24H22N4O3S/c1-2-14-28(22-20(23(29)30)8-5-13-25-22)15-16-9-11-17(12-10-16)18-6-3-4-7-19(18)21-26-24(31)32-27-21/h3-13H,2,14-15H2,1H3,(H,29,30)(H,26,27,31). The van der Waals surface area contributed by atoms with E-state index in [0.29, 0.717) is 24.7 Å². The zero-order valence-electron chi connectivity index (χ0n) is 17.5. The lowest BCUT2D eigenvalue weighted by Crippen LogP contribution is -2.26. The van der Waals surface area contributed by atoms with Gasteiger partial charge in [0.25, 0.3) is 0 Å². The zero-order chi connectivity index (χ0) is 22.5. The summed E-state index contributed by atoms with van der Waals surface area (Å²) >= 11 is 0.904. The van der Waals surface area contributed by atoms with E-state index in [0.717, 1.165) is 40.2 Å². The van der Waals surface area contributed by atoms with Gasteiger partial charge in [0.15, 0.2) is 5.82 Å². The van der Waals surface area contributed by atoms with Crippen molar-refractivity contribution >= 4 is 23.3 Å². The van der Waals surface area contributed by atoms with Gasteiger partial charge in [-0.05, 0) is 35.2 Å². The number of aromatic amines is 1. The molecule has 0 aliphatic rings. The molecule has 0 amide bonds. The molecular weight excluding hydrogens is 424 g/mol. The minimum atomic E-state index is -0.985. The van der Waals surface area contributed by atoms with Gasteiger partial charge in [-0.1, -0.05) is 55.5 Å². The smallest absolute Gasteiger partial charge is 0.339 e. The predicted molar refractivity (Wildman–Crippen MR) is 126 cm³/mol. The Bertz CT molecular complexity index is 1280. The average Bonchev–Trinajstić information content (AvgIpc) is 3.25. The SMILES string of the molecule is CCCN(Cc1ccc(-c2ccccc2-c2nsc(=O)[nH]2)cc1)c1ncccc1C(=O)O. The average molecular weight is 447 g/mol. The minimum Gasteiger partial charge on any atom is -0.478 e. The fraction of sp³-hybridized carbons (Fsp3) is 0.167. The van der Waals surface area contributed by atoms with Crippen molar-refractivity contribution in [3.63, 3.8) is 0 Å². The largest absolute Gasteiger partial charge is 0.478 e. The summed E-state index contributed by atoms with van der Waals surface area (Å²) in [5, 5.41) is 9.54. The van der Waals surface area contributed by atoms with Crippen LogP contribution in [0, 0.1) is 0 Å². The van der Waals surface area contributed by atoms with Crippen molar-refractivity contribution in [2.75, 3.05) is 11.4 Å². The van der Waals surface area contributed by atoms with E-state index >= 15 is 0 Å². The molecule has 4 rings (SSSR count). The number of hydrogen-bond acceptors (Lipinski definition) is 6. The van der Waals surface area contributed by atoms with Crippen LogP contribution in [0.1, 0.15) is 29.3 Å². The fourth-order valence-corrected chi connectivity index (χ4v) is 4.10. The van der Waals surface area contributed by atoms with Crippen molar-refractivity contribution in [2.24, 2.45) is 0 Å². The second kappa shape index (κ2) is 9.57. The summed E-state index contributed by atoms with van der Waals surface area (Å²) in [6, 6.07) is 19.1. The molecule has 0 spiro atoms. The van der Waals surface area contributed by atoms with Gasteiger partial charge in [0.05, 0.1) is 0 Å². The summed E-state index contributed by atoms with van der Waals surface area (Å²) in [5.74, 6) is 0.0511. The first-order valence-electron chi connectivity index (χ1n) is 10.2. The summed E-state index contributed by atoms with van der Waals surface area (Å²) in [7, 11) is 0. The van der Waals surface area contributed by atoms with Gasteiger partial charge in [-0.25, -0.2) is 9.78 Å². The quantitative estimate of drug-likeness (QED) is 0.408. The third-order valence-electron chi connectivity index (χ3n) is 5.07. The highest BCUT2D eigenvalue weighted by atomic mass is 32.1. The molecule has 0 saturated carbocycles. The normalized spacial score (nSPS) is 10.8. The summed E-state index contributed by atoms with van der Waals surface area (Å²) in [6.45, 7) is 3.30. The van der Waals surface area contributed by atoms with E-state index in [-0.39, 0.29) is 10.4 Å². The highest BCUT2D eigenvalue weighted by molar-refractivity contribution is 7.03. The van der Waals surface area contributed by atoms with Gasteiger partial charge in [0, 0.05) is 36.4 Å². The van der Waals surface area contributed by atoms with Crippen LogP contribution in [0.3, 0.4) is 0 Å². The Labute approximate surface area is 189 Å². The molecule has 2 aromatic heterocycles.